The molecule has 1 aromatic rings. The number of likely N-dealkylation sites (tertiary alicyclic amines) is 1. The van der Waals surface area contributed by atoms with E-state index in [0.717, 1.165) is 19.6 Å². The Morgan fingerprint density at radius 1 is 1.25 bits per heavy atom. The highest BCUT2D eigenvalue weighted by Crippen LogP contribution is 2.16. The van der Waals surface area contributed by atoms with E-state index >= 15 is 0 Å². The number of hydroxylamine groups is 1. The highest BCUT2D eigenvalue weighted by molar-refractivity contribution is 5.96. The molecule has 1 N–H and O–H groups in total. The summed E-state index contributed by atoms with van der Waals surface area (Å²) < 4.78 is 5.14. The summed E-state index contributed by atoms with van der Waals surface area (Å²) in [7, 11) is 1.54. The molecule has 0 spiro atoms. The predicted octanol–water partition coefficient (Wildman–Crippen LogP) is 1.84. The molecule has 1 fully saturated rings. The maximum Gasteiger partial charge on any atom is 0.278 e. The quantitative estimate of drug-likeness (QED) is 0.637. The van der Waals surface area contributed by atoms with Crippen molar-refractivity contribution in [2.24, 2.45) is 0 Å². The highest BCUT2D eigenvalue weighted by atomic mass is 16.7. The average molecular weight is 278 g/mol. The number of hydrogen-bond acceptors (Lipinski definition) is 4. The van der Waals surface area contributed by atoms with Crippen LogP contribution in [0.4, 0.5) is 0 Å². The predicted molar refractivity (Wildman–Crippen MR) is 76.7 cm³/mol. The van der Waals surface area contributed by atoms with Crippen molar-refractivity contribution in [1.82, 2.24) is 10.4 Å². The number of amides is 1. The number of hydrogen-bond donors (Lipinski definition) is 1. The third-order valence-corrected chi connectivity index (χ3v) is 3.47. The van der Waals surface area contributed by atoms with Gasteiger partial charge in [0.05, 0.1) is 19.3 Å². The Morgan fingerprint density at radius 3 is 2.75 bits per heavy atom. The number of nitrogens with one attached hydrogen (secondary N) is 1. The van der Waals surface area contributed by atoms with Crippen LogP contribution in [0.15, 0.2) is 24.3 Å². The fourth-order valence-electron chi connectivity index (χ4n) is 2.36. The molecule has 0 atom stereocenters. The number of rotatable bonds is 6. The lowest BCUT2D eigenvalue weighted by atomic mass is 10.1. The van der Waals surface area contributed by atoms with Gasteiger partial charge in [0.1, 0.15) is 5.75 Å². The highest BCUT2D eigenvalue weighted by Gasteiger charge is 2.12. The molecule has 1 saturated heterocycles. The minimum absolute atomic E-state index is 0.277. The van der Waals surface area contributed by atoms with E-state index in [1.165, 1.54) is 19.3 Å². The molecule has 1 amide bonds. The Kier molecular flexibility index (Phi) is 5.83. The number of carbonyl (C=O) groups excluding carboxylic acids is 1. The molecule has 5 nitrogen and oxygen atoms in total. The summed E-state index contributed by atoms with van der Waals surface area (Å²) in [6.45, 7) is 3.61. The minimum Gasteiger partial charge on any atom is -0.496 e. The molecule has 0 radical (unpaired) electrons. The van der Waals surface area contributed by atoms with Gasteiger partial charge in [-0.15, -0.1) is 0 Å². The van der Waals surface area contributed by atoms with Gasteiger partial charge in [-0.2, -0.15) is 0 Å². The minimum atomic E-state index is -0.277. The summed E-state index contributed by atoms with van der Waals surface area (Å²) in [4.78, 5) is 19.6. The first kappa shape index (κ1) is 14.8. The number of nitrogens with zero attached hydrogens (tertiary/aromatic N) is 1. The molecule has 1 aromatic carbocycles. The van der Waals surface area contributed by atoms with Crippen LogP contribution in [0.5, 0.6) is 5.75 Å². The second kappa shape index (κ2) is 7.87. The molecule has 1 aliphatic heterocycles. The van der Waals surface area contributed by atoms with Crippen molar-refractivity contribution in [3.63, 3.8) is 0 Å². The van der Waals surface area contributed by atoms with Crippen molar-refractivity contribution in [3.05, 3.63) is 29.8 Å². The zero-order chi connectivity index (χ0) is 14.2. The van der Waals surface area contributed by atoms with Crippen LogP contribution < -0.4 is 10.2 Å². The lowest BCUT2D eigenvalue weighted by molar-refractivity contribution is 0.0204. The van der Waals surface area contributed by atoms with Crippen molar-refractivity contribution in [1.29, 1.82) is 0 Å². The van der Waals surface area contributed by atoms with Crippen LogP contribution in [0.2, 0.25) is 0 Å². The van der Waals surface area contributed by atoms with E-state index in [-0.39, 0.29) is 5.91 Å². The Morgan fingerprint density at radius 2 is 2.00 bits per heavy atom. The van der Waals surface area contributed by atoms with Gasteiger partial charge in [0.25, 0.3) is 5.91 Å². The first-order chi connectivity index (χ1) is 9.81. The fraction of sp³-hybridized carbons (Fsp3) is 0.533. The molecule has 0 aromatic heterocycles. The zero-order valence-corrected chi connectivity index (χ0v) is 11.9. The number of ether oxygens (including phenoxy) is 1. The van der Waals surface area contributed by atoms with Crippen LogP contribution in [-0.4, -0.2) is 44.2 Å². The monoisotopic (exact) mass is 278 g/mol. The summed E-state index contributed by atoms with van der Waals surface area (Å²) in [6, 6.07) is 7.09. The molecule has 0 aliphatic carbocycles. The second-order valence-corrected chi connectivity index (χ2v) is 4.88. The second-order valence-electron chi connectivity index (χ2n) is 4.88. The van der Waals surface area contributed by atoms with Crippen LogP contribution in [0.1, 0.15) is 29.6 Å². The molecule has 1 heterocycles. The number of benzene rings is 1. The molecule has 0 bridgehead atoms. The van der Waals surface area contributed by atoms with Gasteiger partial charge in [0, 0.05) is 6.54 Å². The van der Waals surface area contributed by atoms with Crippen LogP contribution in [0, 0.1) is 0 Å². The molecule has 110 valence electrons. The first-order valence-corrected chi connectivity index (χ1v) is 7.09. The largest absolute Gasteiger partial charge is 0.496 e. The van der Waals surface area contributed by atoms with Crippen molar-refractivity contribution in [3.8, 4) is 5.75 Å². The normalized spacial score (nSPS) is 15.8. The average Bonchev–Trinajstić information content (AvgIpc) is 2.52. The van der Waals surface area contributed by atoms with Crippen LogP contribution in [0.3, 0.4) is 0 Å². The molecular formula is C15H22N2O3. The zero-order valence-electron chi connectivity index (χ0n) is 11.9. The summed E-state index contributed by atoms with van der Waals surface area (Å²) in [5.74, 6) is 0.269. The van der Waals surface area contributed by atoms with Gasteiger partial charge in [0.2, 0.25) is 0 Å². The van der Waals surface area contributed by atoms with E-state index < -0.39 is 0 Å². The van der Waals surface area contributed by atoms with E-state index in [9.17, 15) is 4.79 Å². The molecule has 5 heteroatoms. The number of methoxy groups -OCH3 is 1. The standard InChI is InChI=1S/C15H22N2O3/c1-19-14-8-4-3-7-13(14)15(18)16-20-12-11-17-9-5-2-6-10-17/h3-4,7-8H,2,5-6,9-12H2,1H3,(H,16,18). The topological polar surface area (TPSA) is 50.8 Å². The maximum absolute atomic E-state index is 11.9. The molecule has 20 heavy (non-hydrogen) atoms. The van der Waals surface area contributed by atoms with Gasteiger partial charge in [-0.3, -0.25) is 9.63 Å². The lowest BCUT2D eigenvalue weighted by Crippen LogP contribution is -2.35. The number of piperidine rings is 1. The first-order valence-electron chi connectivity index (χ1n) is 7.09. The third-order valence-electron chi connectivity index (χ3n) is 3.47. The van der Waals surface area contributed by atoms with Crippen LogP contribution >= 0.6 is 0 Å². The van der Waals surface area contributed by atoms with Gasteiger partial charge in [-0.25, -0.2) is 5.48 Å². The smallest absolute Gasteiger partial charge is 0.278 e. The van der Waals surface area contributed by atoms with E-state index in [4.69, 9.17) is 9.57 Å². The number of para-hydroxylation sites is 1. The summed E-state index contributed by atoms with van der Waals surface area (Å²) in [6.07, 6.45) is 3.84. The SMILES string of the molecule is COc1ccccc1C(=O)NOCCN1CCCCC1. The Labute approximate surface area is 119 Å². The Balaban J connectivity index is 1.72. The van der Waals surface area contributed by atoms with E-state index in [2.05, 4.69) is 10.4 Å². The van der Waals surface area contributed by atoms with Crippen molar-refractivity contribution >= 4 is 5.91 Å². The van der Waals surface area contributed by atoms with E-state index in [1.807, 2.05) is 6.07 Å². The van der Waals surface area contributed by atoms with Gasteiger partial charge in [-0.05, 0) is 38.1 Å². The Hall–Kier alpha value is -1.59. The number of carbonyl (C=O) groups is 1. The van der Waals surface area contributed by atoms with Crippen molar-refractivity contribution in [2.75, 3.05) is 33.4 Å². The summed E-state index contributed by atoms with van der Waals surface area (Å²) >= 11 is 0. The van der Waals surface area contributed by atoms with Gasteiger partial charge in [-0.1, -0.05) is 18.6 Å². The van der Waals surface area contributed by atoms with Gasteiger partial charge < -0.3 is 9.64 Å². The van der Waals surface area contributed by atoms with Crippen LogP contribution in [0.25, 0.3) is 0 Å². The fourth-order valence-corrected chi connectivity index (χ4v) is 2.36. The van der Waals surface area contributed by atoms with Gasteiger partial charge in [0.15, 0.2) is 0 Å². The molecule has 1 aliphatic rings. The van der Waals surface area contributed by atoms with Gasteiger partial charge >= 0.3 is 0 Å². The summed E-state index contributed by atoms with van der Waals surface area (Å²) in [5.41, 5.74) is 2.95. The molecule has 2 rings (SSSR count). The molecule has 0 saturated carbocycles. The lowest BCUT2D eigenvalue weighted by Gasteiger charge is -2.25. The van der Waals surface area contributed by atoms with Crippen LogP contribution in [-0.2, 0) is 4.84 Å². The third kappa shape index (κ3) is 4.21. The summed E-state index contributed by atoms with van der Waals surface area (Å²) in [5, 5.41) is 0. The Bertz CT molecular complexity index is 431. The molecule has 0 unspecified atom stereocenters. The van der Waals surface area contributed by atoms with Crippen molar-refractivity contribution < 1.29 is 14.4 Å². The van der Waals surface area contributed by atoms with Crippen molar-refractivity contribution in [2.45, 2.75) is 19.3 Å². The maximum atomic E-state index is 11.9. The van der Waals surface area contributed by atoms with E-state index in [1.54, 1.807) is 25.3 Å². The van der Waals surface area contributed by atoms with E-state index in [0.29, 0.717) is 17.9 Å². The molecular weight excluding hydrogens is 256 g/mol.